The van der Waals surface area contributed by atoms with Gasteiger partial charge in [0, 0.05) is 30.8 Å². The molecule has 1 saturated carbocycles. The van der Waals surface area contributed by atoms with Crippen LogP contribution in [0, 0.1) is 25.7 Å². The van der Waals surface area contributed by atoms with Gasteiger partial charge in [-0.1, -0.05) is 38.5 Å². The fourth-order valence-corrected chi connectivity index (χ4v) is 8.15. The molecule has 250 valence electrons. The molecule has 1 amide bonds. The zero-order valence-electron chi connectivity index (χ0n) is 26.3. The van der Waals surface area contributed by atoms with Crippen LogP contribution >= 0.6 is 0 Å². The highest BCUT2D eigenvalue weighted by molar-refractivity contribution is 7.92. The standard InChI is InChI=1S/C33H46F3N3O5S/c1-23-21-27(30(40)41)22-24(2)28(23)14-20-45(43,44)39-18-16-32(17-19-39)31(42)37-29(38-32)26-12-10-25(11-13-26)9-7-5-3-4-6-8-15-33(34,35)36/h14,20-22,25-26H,3-13,15-19H2,1-2H3,(H,40,41)(H,37,38,42)/b20-14+. The molecule has 2 heterocycles. The van der Waals surface area contributed by atoms with Gasteiger partial charge in [0.25, 0.3) is 5.91 Å². The summed E-state index contributed by atoms with van der Waals surface area (Å²) < 4.78 is 64.4. The SMILES string of the molecule is Cc1cc(C(=O)O)cc(C)c1/C=C/S(=O)(=O)N1CCC2(CC1)N=C(C1CCC(CCCCCCCCC(F)(F)F)CC1)NC2=O. The molecule has 12 heteroatoms. The van der Waals surface area contributed by atoms with Crippen molar-refractivity contribution in [2.75, 3.05) is 13.1 Å². The van der Waals surface area contributed by atoms with E-state index in [1.165, 1.54) is 22.5 Å². The molecule has 45 heavy (non-hydrogen) atoms. The number of carbonyl (C=O) groups excluding carboxylic acids is 1. The van der Waals surface area contributed by atoms with Gasteiger partial charge in [-0.05, 0) is 99.6 Å². The van der Waals surface area contributed by atoms with Crippen LogP contribution in [-0.2, 0) is 14.8 Å². The smallest absolute Gasteiger partial charge is 0.389 e. The molecule has 0 aromatic heterocycles. The lowest BCUT2D eigenvalue weighted by Gasteiger charge is -2.34. The van der Waals surface area contributed by atoms with Crippen molar-refractivity contribution in [3.05, 3.63) is 39.8 Å². The Morgan fingerprint density at radius 1 is 1.02 bits per heavy atom. The Hall–Kier alpha value is -2.73. The van der Waals surface area contributed by atoms with Crippen LogP contribution in [0.15, 0.2) is 22.5 Å². The minimum absolute atomic E-state index is 0.146. The third kappa shape index (κ3) is 9.40. The van der Waals surface area contributed by atoms with Crippen LogP contribution in [0.25, 0.3) is 6.08 Å². The van der Waals surface area contributed by atoms with Gasteiger partial charge in [-0.3, -0.25) is 9.79 Å². The van der Waals surface area contributed by atoms with E-state index in [9.17, 15) is 36.3 Å². The molecular weight excluding hydrogens is 607 g/mol. The van der Waals surface area contributed by atoms with Crippen molar-refractivity contribution < 1.29 is 36.3 Å². The van der Waals surface area contributed by atoms with Gasteiger partial charge in [0.2, 0.25) is 10.0 Å². The average Bonchev–Trinajstić information content (AvgIpc) is 3.28. The lowest BCUT2D eigenvalue weighted by atomic mass is 9.79. The number of amidine groups is 1. The quantitative estimate of drug-likeness (QED) is 0.219. The molecule has 3 aliphatic rings. The number of aliphatic imine (C=N–C) groups is 1. The molecule has 0 atom stereocenters. The molecule has 1 aromatic carbocycles. The summed E-state index contributed by atoms with van der Waals surface area (Å²) in [4.78, 5) is 29.3. The zero-order valence-corrected chi connectivity index (χ0v) is 27.1. The summed E-state index contributed by atoms with van der Waals surface area (Å²) in [7, 11) is -3.75. The van der Waals surface area contributed by atoms with Crippen LogP contribution in [0.4, 0.5) is 13.2 Å². The Balaban J connectivity index is 1.22. The first kappa shape index (κ1) is 35.1. The van der Waals surface area contributed by atoms with Crippen LogP contribution in [0.5, 0.6) is 0 Å². The molecule has 1 spiro atoms. The molecule has 2 aliphatic heterocycles. The van der Waals surface area contributed by atoms with E-state index in [-0.39, 0.29) is 36.9 Å². The van der Waals surface area contributed by atoms with Crippen molar-refractivity contribution in [2.45, 2.75) is 115 Å². The maximum Gasteiger partial charge on any atom is 0.389 e. The summed E-state index contributed by atoms with van der Waals surface area (Å²) in [5, 5.41) is 13.4. The van der Waals surface area contributed by atoms with Gasteiger partial charge in [-0.2, -0.15) is 17.5 Å². The Morgan fingerprint density at radius 2 is 1.60 bits per heavy atom. The number of hydrogen-bond acceptors (Lipinski definition) is 5. The molecule has 0 bridgehead atoms. The highest BCUT2D eigenvalue weighted by Crippen LogP contribution is 2.37. The largest absolute Gasteiger partial charge is 0.478 e. The Morgan fingerprint density at radius 3 is 2.18 bits per heavy atom. The first-order valence-electron chi connectivity index (χ1n) is 16.2. The van der Waals surface area contributed by atoms with E-state index in [2.05, 4.69) is 5.32 Å². The normalized spacial score (nSPS) is 22.6. The fraction of sp³-hybridized carbons (Fsp3) is 0.667. The average molecular weight is 654 g/mol. The predicted octanol–water partition coefficient (Wildman–Crippen LogP) is 7.15. The van der Waals surface area contributed by atoms with Crippen molar-refractivity contribution in [3.63, 3.8) is 0 Å². The van der Waals surface area contributed by atoms with E-state index >= 15 is 0 Å². The summed E-state index contributed by atoms with van der Waals surface area (Å²) in [5.41, 5.74) is 1.23. The number of nitrogens with one attached hydrogen (secondary N) is 1. The van der Waals surface area contributed by atoms with E-state index in [4.69, 9.17) is 4.99 Å². The van der Waals surface area contributed by atoms with Crippen LogP contribution in [0.1, 0.15) is 117 Å². The predicted molar refractivity (Wildman–Crippen MR) is 168 cm³/mol. The van der Waals surface area contributed by atoms with Crippen molar-refractivity contribution >= 4 is 33.8 Å². The highest BCUT2D eigenvalue weighted by Gasteiger charge is 2.48. The monoisotopic (exact) mass is 653 g/mol. The van der Waals surface area contributed by atoms with Gasteiger partial charge >= 0.3 is 12.1 Å². The van der Waals surface area contributed by atoms with Gasteiger partial charge in [-0.25, -0.2) is 13.2 Å². The zero-order chi connectivity index (χ0) is 32.8. The number of benzene rings is 1. The molecule has 1 saturated heterocycles. The maximum atomic E-state index is 13.1. The van der Waals surface area contributed by atoms with Crippen molar-refractivity contribution in [2.24, 2.45) is 16.8 Å². The molecule has 1 aliphatic carbocycles. The number of aryl methyl sites for hydroxylation is 2. The number of aromatic carboxylic acids is 1. The molecule has 0 unspecified atom stereocenters. The molecule has 1 aromatic rings. The molecule has 8 nitrogen and oxygen atoms in total. The minimum atomic E-state index is -4.05. The van der Waals surface area contributed by atoms with Gasteiger partial charge in [0.15, 0.2) is 0 Å². The summed E-state index contributed by atoms with van der Waals surface area (Å²) >= 11 is 0. The summed E-state index contributed by atoms with van der Waals surface area (Å²) in [6.45, 7) is 3.86. The number of nitrogens with zero attached hydrogens (tertiary/aromatic N) is 2. The number of sulfonamides is 1. The fourth-order valence-electron chi connectivity index (χ4n) is 6.98. The van der Waals surface area contributed by atoms with E-state index < -0.39 is 34.1 Å². The second kappa shape index (κ2) is 14.8. The third-order valence-corrected chi connectivity index (χ3v) is 11.3. The Bertz CT molecular complexity index is 1370. The number of alkyl halides is 3. The first-order valence-corrected chi connectivity index (χ1v) is 17.7. The number of carboxylic acid groups (broad SMARTS) is 1. The van der Waals surface area contributed by atoms with Crippen molar-refractivity contribution in [1.29, 1.82) is 0 Å². The number of rotatable bonds is 13. The second-order valence-corrected chi connectivity index (χ2v) is 14.9. The number of unbranched alkanes of at least 4 members (excludes halogenated alkanes) is 5. The van der Waals surface area contributed by atoms with E-state index in [0.29, 0.717) is 41.9 Å². The van der Waals surface area contributed by atoms with E-state index in [0.717, 1.165) is 69.0 Å². The molecule has 4 rings (SSSR count). The molecule has 2 fully saturated rings. The summed E-state index contributed by atoms with van der Waals surface area (Å²) in [6, 6.07) is 3.04. The van der Waals surface area contributed by atoms with Crippen LogP contribution in [-0.4, -0.2) is 60.3 Å². The number of hydrogen-bond donors (Lipinski definition) is 2. The lowest BCUT2D eigenvalue weighted by molar-refractivity contribution is -0.135. The Kier molecular flexibility index (Phi) is 11.5. The Labute approximate surface area is 264 Å². The van der Waals surface area contributed by atoms with E-state index in [1.54, 1.807) is 13.8 Å². The number of piperidine rings is 1. The van der Waals surface area contributed by atoms with Gasteiger partial charge in [-0.15, -0.1) is 0 Å². The number of carbonyl (C=O) groups is 2. The van der Waals surface area contributed by atoms with Crippen LogP contribution < -0.4 is 5.32 Å². The molecular formula is C33H46F3N3O5S. The molecule has 2 N–H and O–H groups in total. The van der Waals surface area contributed by atoms with Crippen LogP contribution in [0.3, 0.4) is 0 Å². The second-order valence-electron chi connectivity index (χ2n) is 13.1. The number of amides is 1. The summed E-state index contributed by atoms with van der Waals surface area (Å²) in [5.74, 6) is 0.380. The van der Waals surface area contributed by atoms with Gasteiger partial charge < -0.3 is 10.4 Å². The van der Waals surface area contributed by atoms with Crippen molar-refractivity contribution in [1.82, 2.24) is 9.62 Å². The number of carboxylic acids is 1. The summed E-state index contributed by atoms with van der Waals surface area (Å²) in [6.07, 6.45) is 7.41. The van der Waals surface area contributed by atoms with E-state index in [1.807, 2.05) is 0 Å². The first-order chi connectivity index (χ1) is 21.2. The number of halogens is 3. The topological polar surface area (TPSA) is 116 Å². The van der Waals surface area contributed by atoms with Gasteiger partial charge in [0.05, 0.1) is 5.56 Å². The third-order valence-electron chi connectivity index (χ3n) is 9.71. The minimum Gasteiger partial charge on any atom is -0.478 e. The highest BCUT2D eigenvalue weighted by atomic mass is 32.2. The van der Waals surface area contributed by atoms with Gasteiger partial charge in [0.1, 0.15) is 11.4 Å². The lowest BCUT2D eigenvalue weighted by Crippen LogP contribution is -2.50. The van der Waals surface area contributed by atoms with Crippen molar-refractivity contribution in [3.8, 4) is 0 Å². The maximum absolute atomic E-state index is 13.1. The molecule has 0 radical (unpaired) electrons. The van der Waals surface area contributed by atoms with Crippen LogP contribution in [0.2, 0.25) is 0 Å².